The quantitative estimate of drug-likeness (QED) is 0.682. The van der Waals surface area contributed by atoms with Crippen LogP contribution in [-0.4, -0.2) is 16.6 Å². The van der Waals surface area contributed by atoms with Crippen molar-refractivity contribution in [2.45, 2.75) is 32.8 Å². The van der Waals surface area contributed by atoms with Gasteiger partial charge in [-0.2, -0.15) is 0 Å². The summed E-state index contributed by atoms with van der Waals surface area (Å²) in [6.45, 7) is 4.09. The summed E-state index contributed by atoms with van der Waals surface area (Å²) in [4.78, 5) is 12.7. The van der Waals surface area contributed by atoms with E-state index in [1.54, 1.807) is 6.08 Å². The summed E-state index contributed by atoms with van der Waals surface area (Å²) in [7, 11) is 0. The lowest BCUT2D eigenvalue weighted by atomic mass is 10.1. The zero-order valence-electron chi connectivity index (χ0n) is 14.8. The molecule has 2 aromatic rings. The molecule has 5 heteroatoms. The van der Waals surface area contributed by atoms with Gasteiger partial charge in [-0.05, 0) is 46.7 Å². The first-order valence-electron chi connectivity index (χ1n) is 8.85. The molecule has 3 unspecified atom stereocenters. The Labute approximate surface area is 163 Å². The fourth-order valence-electron chi connectivity index (χ4n) is 4.23. The van der Waals surface area contributed by atoms with Crippen LogP contribution in [0.4, 0.5) is 0 Å². The molecule has 3 nitrogen and oxygen atoms in total. The van der Waals surface area contributed by atoms with Gasteiger partial charge in [0.2, 0.25) is 0 Å². The highest BCUT2D eigenvalue weighted by atomic mass is 35.5. The zero-order valence-corrected chi connectivity index (χ0v) is 16.3. The maximum absolute atomic E-state index is 12.7. The first-order valence-corrected chi connectivity index (χ1v) is 9.61. The lowest BCUT2D eigenvalue weighted by molar-refractivity contribution is -0.151. The van der Waals surface area contributed by atoms with Crippen LogP contribution in [0.5, 0.6) is 0 Å². The fraction of sp³-hybridized carbons (Fsp3) is 0.381. The third kappa shape index (κ3) is 3.08. The summed E-state index contributed by atoms with van der Waals surface area (Å²) in [5.41, 5.74) is 3.52. The van der Waals surface area contributed by atoms with Crippen LogP contribution < -0.4 is 0 Å². The minimum atomic E-state index is -0.178. The molecule has 2 aliphatic carbocycles. The predicted molar refractivity (Wildman–Crippen MR) is 104 cm³/mol. The van der Waals surface area contributed by atoms with Crippen LogP contribution in [0.3, 0.4) is 0 Å². The van der Waals surface area contributed by atoms with Crippen molar-refractivity contribution in [3.63, 3.8) is 0 Å². The molecule has 2 aliphatic rings. The Balaban J connectivity index is 1.47. The van der Waals surface area contributed by atoms with Crippen LogP contribution in [0.15, 0.2) is 53.3 Å². The van der Waals surface area contributed by atoms with E-state index in [-0.39, 0.29) is 33.8 Å². The van der Waals surface area contributed by atoms with E-state index in [9.17, 15) is 4.79 Å². The van der Waals surface area contributed by atoms with E-state index in [4.69, 9.17) is 27.9 Å². The fourth-order valence-corrected chi connectivity index (χ4v) is 4.50. The van der Waals surface area contributed by atoms with E-state index in [1.807, 2.05) is 38.4 Å². The summed E-state index contributed by atoms with van der Waals surface area (Å²) >= 11 is 11.6. The highest BCUT2D eigenvalue weighted by Gasteiger charge is 2.62. The van der Waals surface area contributed by atoms with Crippen molar-refractivity contribution in [1.82, 2.24) is 4.57 Å². The number of benzene rings is 1. The summed E-state index contributed by atoms with van der Waals surface area (Å²) in [6, 6.07) is 10.3. The second kappa shape index (κ2) is 6.47. The van der Waals surface area contributed by atoms with Crippen molar-refractivity contribution in [1.29, 1.82) is 0 Å². The molecule has 4 rings (SSSR count). The van der Waals surface area contributed by atoms with Crippen LogP contribution in [0.1, 0.15) is 25.0 Å². The molecular formula is C21H21Cl2NO2. The zero-order chi connectivity index (χ0) is 18.5. The average molecular weight is 390 g/mol. The number of fused-ring (bicyclic) bond motifs is 1. The van der Waals surface area contributed by atoms with Crippen LogP contribution in [0.2, 0.25) is 0 Å². The third-order valence-electron chi connectivity index (χ3n) is 5.76. The minimum Gasteiger partial charge on any atom is -0.461 e. The van der Waals surface area contributed by atoms with Crippen molar-refractivity contribution in [2.75, 3.05) is 0 Å². The Morgan fingerprint density at radius 2 is 1.92 bits per heavy atom. The van der Waals surface area contributed by atoms with Crippen molar-refractivity contribution in [3.8, 4) is 5.69 Å². The molecule has 1 saturated carbocycles. The molecule has 1 heterocycles. The summed E-state index contributed by atoms with van der Waals surface area (Å²) in [5.74, 6) is -0.284. The highest BCUT2D eigenvalue weighted by molar-refractivity contribution is 6.55. The number of halogens is 2. The lowest BCUT2D eigenvalue weighted by Crippen LogP contribution is -2.21. The van der Waals surface area contributed by atoms with E-state index >= 15 is 0 Å². The second-order valence-corrected chi connectivity index (χ2v) is 8.76. The number of allylic oxidation sites excluding steroid dienone is 1. The normalized spacial score (nSPS) is 25.5. The van der Waals surface area contributed by atoms with Gasteiger partial charge in [-0.1, -0.05) is 49.2 Å². The number of esters is 1. The standard InChI is InChI=1S/C21H21Cl2NO2/c1-21(2)16(12-18(22)23)19(21)20(25)26-14-10-13-6-5-7-17(15(13)11-14)24-8-3-4-9-24/h3-9,12,14,16,19H,10-11H2,1-2H3. The molecule has 3 atom stereocenters. The van der Waals surface area contributed by atoms with Crippen molar-refractivity contribution in [2.24, 2.45) is 17.3 Å². The molecule has 0 N–H and O–H groups in total. The monoisotopic (exact) mass is 389 g/mol. The molecule has 0 spiro atoms. The molecule has 0 aliphatic heterocycles. The number of aromatic nitrogens is 1. The SMILES string of the molecule is CC1(C)C(C=C(Cl)Cl)C1C(=O)OC1Cc2cccc(-n3cccc3)c2C1. The maximum Gasteiger partial charge on any atom is 0.310 e. The number of carbonyl (C=O) groups is 1. The average Bonchev–Trinajstić information content (AvgIpc) is 3.01. The van der Waals surface area contributed by atoms with Gasteiger partial charge in [-0.15, -0.1) is 0 Å². The Bertz CT molecular complexity index is 866. The molecule has 136 valence electrons. The third-order valence-corrected chi connectivity index (χ3v) is 6.02. The molecule has 0 saturated heterocycles. The molecule has 1 aromatic heterocycles. The van der Waals surface area contributed by atoms with Gasteiger partial charge in [-0.3, -0.25) is 4.79 Å². The van der Waals surface area contributed by atoms with E-state index in [0.29, 0.717) is 0 Å². The van der Waals surface area contributed by atoms with Crippen molar-refractivity contribution in [3.05, 3.63) is 64.4 Å². The smallest absolute Gasteiger partial charge is 0.310 e. The van der Waals surface area contributed by atoms with Gasteiger partial charge in [0.05, 0.1) is 5.92 Å². The summed E-state index contributed by atoms with van der Waals surface area (Å²) in [5, 5.41) is 0. The predicted octanol–water partition coefficient (Wildman–Crippen LogP) is 5.08. The Morgan fingerprint density at radius 1 is 1.19 bits per heavy atom. The van der Waals surface area contributed by atoms with E-state index in [2.05, 4.69) is 22.8 Å². The maximum atomic E-state index is 12.7. The summed E-state index contributed by atoms with van der Waals surface area (Å²) < 4.78 is 8.19. The van der Waals surface area contributed by atoms with Crippen molar-refractivity contribution < 1.29 is 9.53 Å². The number of hydrogen-bond acceptors (Lipinski definition) is 2. The number of ether oxygens (including phenoxy) is 1. The van der Waals surface area contributed by atoms with Gasteiger partial charge < -0.3 is 9.30 Å². The van der Waals surface area contributed by atoms with Gasteiger partial charge >= 0.3 is 5.97 Å². The number of carbonyl (C=O) groups excluding carboxylic acids is 1. The Hall–Kier alpha value is -1.71. The number of nitrogens with zero attached hydrogens (tertiary/aromatic N) is 1. The first-order chi connectivity index (χ1) is 12.4. The molecule has 26 heavy (non-hydrogen) atoms. The topological polar surface area (TPSA) is 31.2 Å². The molecule has 0 radical (unpaired) electrons. The van der Waals surface area contributed by atoms with Gasteiger partial charge in [0.1, 0.15) is 10.6 Å². The number of rotatable bonds is 4. The highest BCUT2D eigenvalue weighted by Crippen LogP contribution is 2.60. The molecule has 0 amide bonds. The Morgan fingerprint density at radius 3 is 2.62 bits per heavy atom. The second-order valence-electron chi connectivity index (χ2n) is 7.75. The van der Waals surface area contributed by atoms with Crippen LogP contribution >= 0.6 is 23.2 Å². The molecular weight excluding hydrogens is 369 g/mol. The minimum absolute atomic E-state index is 0.0409. The van der Waals surface area contributed by atoms with Crippen LogP contribution in [0.25, 0.3) is 5.69 Å². The lowest BCUT2D eigenvalue weighted by Gasteiger charge is -2.12. The largest absolute Gasteiger partial charge is 0.461 e. The van der Waals surface area contributed by atoms with Gasteiger partial charge in [0, 0.05) is 30.9 Å². The van der Waals surface area contributed by atoms with E-state index in [0.717, 1.165) is 18.5 Å². The molecule has 1 fully saturated rings. The molecule has 1 aromatic carbocycles. The van der Waals surface area contributed by atoms with Crippen LogP contribution in [-0.2, 0) is 22.4 Å². The van der Waals surface area contributed by atoms with Gasteiger partial charge in [0.15, 0.2) is 0 Å². The van der Waals surface area contributed by atoms with Crippen LogP contribution in [0, 0.1) is 17.3 Å². The van der Waals surface area contributed by atoms with E-state index in [1.165, 1.54) is 11.1 Å². The van der Waals surface area contributed by atoms with Crippen molar-refractivity contribution >= 4 is 29.2 Å². The van der Waals surface area contributed by atoms with E-state index < -0.39 is 0 Å². The Kier molecular flexibility index (Phi) is 4.40. The van der Waals surface area contributed by atoms with Gasteiger partial charge in [0.25, 0.3) is 0 Å². The number of hydrogen-bond donors (Lipinski definition) is 0. The molecule has 0 bridgehead atoms. The summed E-state index contributed by atoms with van der Waals surface area (Å²) in [6.07, 6.45) is 7.23. The first kappa shape index (κ1) is 17.7. The van der Waals surface area contributed by atoms with Gasteiger partial charge in [-0.25, -0.2) is 0 Å².